The third-order valence-corrected chi connectivity index (χ3v) is 3.83. The maximum absolute atomic E-state index is 13.7. The predicted octanol–water partition coefficient (Wildman–Crippen LogP) is 4.83. The van der Waals surface area contributed by atoms with Crippen LogP contribution in [-0.2, 0) is 6.42 Å². The highest BCUT2D eigenvalue weighted by Crippen LogP contribution is 2.27. The van der Waals surface area contributed by atoms with Crippen molar-refractivity contribution in [3.63, 3.8) is 0 Å². The summed E-state index contributed by atoms with van der Waals surface area (Å²) in [4.78, 5) is 0. The molecule has 2 nitrogen and oxygen atoms in total. The van der Waals surface area contributed by atoms with E-state index in [9.17, 15) is 4.39 Å². The standard InChI is InChI=1S/C16H19BrFNO/c1-3-9-19-16(15-8-6-12(4-2)20-15)11-5-7-13(17)14(18)10-11/h5-8,10,16,19H,3-4,9H2,1-2H3. The van der Waals surface area contributed by atoms with Gasteiger partial charge in [0.2, 0.25) is 0 Å². The molecule has 0 radical (unpaired) electrons. The summed E-state index contributed by atoms with van der Waals surface area (Å²) in [6.07, 6.45) is 1.87. The number of halogens is 2. The third kappa shape index (κ3) is 3.49. The van der Waals surface area contributed by atoms with Crippen molar-refractivity contribution >= 4 is 15.9 Å². The molecule has 20 heavy (non-hydrogen) atoms. The van der Waals surface area contributed by atoms with Gasteiger partial charge in [0, 0.05) is 6.42 Å². The summed E-state index contributed by atoms with van der Waals surface area (Å²) in [7, 11) is 0. The number of aryl methyl sites for hydroxylation is 1. The lowest BCUT2D eigenvalue weighted by atomic mass is 10.0. The van der Waals surface area contributed by atoms with Crippen LogP contribution in [0.15, 0.2) is 39.2 Å². The van der Waals surface area contributed by atoms with Crippen molar-refractivity contribution in [2.75, 3.05) is 6.54 Å². The van der Waals surface area contributed by atoms with Crippen molar-refractivity contribution in [1.29, 1.82) is 0 Å². The molecule has 0 bridgehead atoms. The highest BCUT2D eigenvalue weighted by Gasteiger charge is 2.18. The number of hydrogen-bond acceptors (Lipinski definition) is 2. The summed E-state index contributed by atoms with van der Waals surface area (Å²) in [6.45, 7) is 5.01. The average molecular weight is 340 g/mol. The van der Waals surface area contributed by atoms with Crippen molar-refractivity contribution in [2.24, 2.45) is 0 Å². The van der Waals surface area contributed by atoms with Crippen LogP contribution >= 0.6 is 15.9 Å². The van der Waals surface area contributed by atoms with Crippen LogP contribution in [0.25, 0.3) is 0 Å². The Morgan fingerprint density at radius 1 is 1.25 bits per heavy atom. The van der Waals surface area contributed by atoms with E-state index in [2.05, 4.69) is 35.1 Å². The van der Waals surface area contributed by atoms with Gasteiger partial charge in [0.15, 0.2) is 0 Å². The lowest BCUT2D eigenvalue weighted by Gasteiger charge is -2.17. The molecule has 0 saturated carbocycles. The van der Waals surface area contributed by atoms with Crippen LogP contribution in [0.1, 0.15) is 43.4 Å². The Morgan fingerprint density at radius 3 is 2.65 bits per heavy atom. The zero-order valence-electron chi connectivity index (χ0n) is 11.7. The molecule has 0 fully saturated rings. The van der Waals surface area contributed by atoms with Crippen LogP contribution in [0.3, 0.4) is 0 Å². The zero-order valence-corrected chi connectivity index (χ0v) is 13.3. The Labute approximate surface area is 127 Å². The minimum atomic E-state index is -0.256. The molecule has 4 heteroatoms. The number of furan rings is 1. The highest BCUT2D eigenvalue weighted by molar-refractivity contribution is 9.10. The molecule has 1 aromatic carbocycles. The summed E-state index contributed by atoms with van der Waals surface area (Å²) < 4.78 is 20.0. The Balaban J connectivity index is 2.32. The van der Waals surface area contributed by atoms with Gasteiger partial charge in [-0.05, 0) is 58.7 Å². The molecule has 0 aliphatic heterocycles. The molecule has 2 rings (SSSR count). The highest BCUT2D eigenvalue weighted by atomic mass is 79.9. The molecule has 1 aromatic heterocycles. The minimum absolute atomic E-state index is 0.113. The predicted molar refractivity (Wildman–Crippen MR) is 82.3 cm³/mol. The first-order chi connectivity index (χ1) is 9.65. The van der Waals surface area contributed by atoms with E-state index < -0.39 is 0 Å². The quantitative estimate of drug-likeness (QED) is 0.815. The van der Waals surface area contributed by atoms with E-state index in [4.69, 9.17) is 4.42 Å². The van der Waals surface area contributed by atoms with Gasteiger partial charge in [0.1, 0.15) is 17.3 Å². The van der Waals surface area contributed by atoms with E-state index in [0.717, 1.165) is 36.5 Å². The number of benzene rings is 1. The van der Waals surface area contributed by atoms with E-state index in [0.29, 0.717) is 4.47 Å². The maximum atomic E-state index is 13.7. The van der Waals surface area contributed by atoms with Crippen molar-refractivity contribution in [3.05, 3.63) is 57.7 Å². The van der Waals surface area contributed by atoms with Crippen molar-refractivity contribution < 1.29 is 8.81 Å². The molecule has 2 aromatic rings. The number of rotatable bonds is 6. The fraction of sp³-hybridized carbons (Fsp3) is 0.375. The molecule has 0 spiro atoms. The Bertz CT molecular complexity index is 567. The SMILES string of the molecule is CCCNC(c1ccc(Br)c(F)c1)c1ccc(CC)o1. The van der Waals surface area contributed by atoms with Gasteiger partial charge in [0.05, 0.1) is 10.5 Å². The monoisotopic (exact) mass is 339 g/mol. The van der Waals surface area contributed by atoms with Crippen LogP contribution < -0.4 is 5.32 Å². The van der Waals surface area contributed by atoms with Gasteiger partial charge < -0.3 is 9.73 Å². The van der Waals surface area contributed by atoms with Crippen LogP contribution in [0.2, 0.25) is 0 Å². The molecule has 1 heterocycles. The summed E-state index contributed by atoms with van der Waals surface area (Å²) >= 11 is 3.18. The van der Waals surface area contributed by atoms with Crippen molar-refractivity contribution in [3.8, 4) is 0 Å². The average Bonchev–Trinajstić information content (AvgIpc) is 2.92. The molecule has 0 saturated heterocycles. The molecule has 1 unspecified atom stereocenters. The molecule has 0 aliphatic carbocycles. The van der Waals surface area contributed by atoms with Crippen molar-refractivity contribution in [1.82, 2.24) is 5.32 Å². The summed E-state index contributed by atoms with van der Waals surface area (Å²) in [5.41, 5.74) is 0.871. The molecular formula is C16H19BrFNO. The first-order valence-corrected chi connectivity index (χ1v) is 7.72. The van der Waals surface area contributed by atoms with Gasteiger partial charge in [-0.1, -0.05) is 19.9 Å². The second-order valence-electron chi connectivity index (χ2n) is 4.72. The van der Waals surface area contributed by atoms with Crippen LogP contribution in [-0.4, -0.2) is 6.54 Å². The first kappa shape index (κ1) is 15.3. The zero-order chi connectivity index (χ0) is 14.5. The molecule has 1 N–H and O–H groups in total. The van der Waals surface area contributed by atoms with Gasteiger partial charge in [-0.3, -0.25) is 0 Å². The van der Waals surface area contributed by atoms with Gasteiger partial charge in [-0.2, -0.15) is 0 Å². The van der Waals surface area contributed by atoms with Crippen LogP contribution in [0.5, 0.6) is 0 Å². The lowest BCUT2D eigenvalue weighted by molar-refractivity contribution is 0.421. The van der Waals surface area contributed by atoms with Crippen molar-refractivity contribution in [2.45, 2.75) is 32.7 Å². The Hall–Kier alpha value is -1.13. The Kier molecular flexibility index (Phi) is 5.38. The van der Waals surface area contributed by atoms with Crippen LogP contribution in [0.4, 0.5) is 4.39 Å². The summed E-state index contributed by atoms with van der Waals surface area (Å²) in [6, 6.07) is 9.02. The maximum Gasteiger partial charge on any atom is 0.137 e. The molecule has 0 aliphatic rings. The topological polar surface area (TPSA) is 25.2 Å². The first-order valence-electron chi connectivity index (χ1n) is 6.92. The number of hydrogen-bond donors (Lipinski definition) is 1. The summed E-state index contributed by atoms with van der Waals surface area (Å²) in [5.74, 6) is 1.52. The molecule has 108 valence electrons. The fourth-order valence-corrected chi connectivity index (χ4v) is 2.35. The minimum Gasteiger partial charge on any atom is -0.464 e. The second-order valence-corrected chi connectivity index (χ2v) is 5.57. The van der Waals surface area contributed by atoms with E-state index in [-0.39, 0.29) is 11.9 Å². The summed E-state index contributed by atoms with van der Waals surface area (Å²) in [5, 5.41) is 3.41. The van der Waals surface area contributed by atoms with Gasteiger partial charge in [0.25, 0.3) is 0 Å². The second kappa shape index (κ2) is 7.04. The largest absolute Gasteiger partial charge is 0.464 e. The van der Waals surface area contributed by atoms with E-state index >= 15 is 0 Å². The Morgan fingerprint density at radius 2 is 2.05 bits per heavy atom. The van der Waals surface area contributed by atoms with Gasteiger partial charge in [-0.15, -0.1) is 0 Å². The van der Waals surface area contributed by atoms with E-state index in [1.54, 1.807) is 12.1 Å². The van der Waals surface area contributed by atoms with Gasteiger partial charge in [-0.25, -0.2) is 4.39 Å². The van der Waals surface area contributed by atoms with E-state index in [1.165, 1.54) is 0 Å². The molecule has 0 amide bonds. The lowest BCUT2D eigenvalue weighted by Crippen LogP contribution is -2.22. The van der Waals surface area contributed by atoms with Crippen LogP contribution in [0, 0.1) is 5.82 Å². The third-order valence-electron chi connectivity index (χ3n) is 3.19. The molecular weight excluding hydrogens is 321 g/mol. The molecule has 1 atom stereocenters. The van der Waals surface area contributed by atoms with E-state index in [1.807, 2.05) is 18.2 Å². The smallest absolute Gasteiger partial charge is 0.137 e. The fourth-order valence-electron chi connectivity index (χ4n) is 2.10. The normalized spacial score (nSPS) is 12.6. The van der Waals surface area contributed by atoms with Gasteiger partial charge >= 0.3 is 0 Å². The number of nitrogens with one attached hydrogen (secondary N) is 1.